The molecule has 0 aromatic rings. The van der Waals surface area contributed by atoms with Crippen LogP contribution in [0.2, 0.25) is 0 Å². The Hall–Kier alpha value is -0.610. The van der Waals surface area contributed by atoms with Gasteiger partial charge in [0.1, 0.15) is 12.1 Å². The smallest absolute Gasteiger partial charge is 0.111 e. The summed E-state index contributed by atoms with van der Waals surface area (Å²) in [6.07, 6.45) is 12.3. The van der Waals surface area contributed by atoms with Crippen molar-refractivity contribution < 1.29 is 19.5 Å². The Morgan fingerprint density at radius 1 is 1.00 bits per heavy atom. The summed E-state index contributed by atoms with van der Waals surface area (Å²) in [6.45, 7) is 5.19. The lowest BCUT2D eigenvalue weighted by atomic mass is 9.96. The van der Waals surface area contributed by atoms with Crippen molar-refractivity contribution in [1.82, 2.24) is 0 Å². The second-order valence-corrected chi connectivity index (χ2v) is 8.01. The maximum absolute atomic E-state index is 10.6. The van der Waals surface area contributed by atoms with E-state index in [-0.39, 0.29) is 6.42 Å². The first-order chi connectivity index (χ1) is 10.7. The van der Waals surface area contributed by atoms with Crippen LogP contribution in [0.25, 0.3) is 0 Å². The molecule has 0 saturated carbocycles. The number of hydrogen-bond acceptors (Lipinski definition) is 3. The molecule has 23 heavy (non-hydrogen) atoms. The number of aliphatic hydroxyl groups is 1. The SMILES string of the molecule is CCCCCCCCCCCC(C)(O)C[N+](C)(C)CCC(=O)[O-]. The van der Waals surface area contributed by atoms with Crippen molar-refractivity contribution in [3.63, 3.8) is 0 Å². The van der Waals surface area contributed by atoms with E-state index in [0.29, 0.717) is 17.6 Å². The van der Waals surface area contributed by atoms with Gasteiger partial charge in [-0.1, -0.05) is 64.7 Å². The Morgan fingerprint density at radius 3 is 1.96 bits per heavy atom. The number of carbonyl (C=O) groups excluding carboxylic acids is 1. The molecule has 1 atom stereocenters. The molecular weight excluding hydrogens is 290 g/mol. The summed E-state index contributed by atoms with van der Waals surface area (Å²) in [5.74, 6) is -1.02. The number of rotatable bonds is 15. The summed E-state index contributed by atoms with van der Waals surface area (Å²) in [7, 11) is 3.93. The molecular formula is C19H39NO3. The maximum Gasteiger partial charge on any atom is 0.111 e. The highest BCUT2D eigenvalue weighted by molar-refractivity contribution is 5.64. The molecule has 0 saturated heterocycles. The van der Waals surface area contributed by atoms with Gasteiger partial charge in [0.15, 0.2) is 0 Å². The third kappa shape index (κ3) is 14.7. The summed E-state index contributed by atoms with van der Waals surface area (Å²) in [4.78, 5) is 10.6. The lowest BCUT2D eigenvalue weighted by Crippen LogP contribution is -2.51. The number of likely N-dealkylation sites (N-methyl/N-ethyl adjacent to an activating group) is 1. The van der Waals surface area contributed by atoms with Crippen molar-refractivity contribution in [2.24, 2.45) is 0 Å². The van der Waals surface area contributed by atoms with Crippen LogP contribution in [-0.4, -0.2) is 48.3 Å². The van der Waals surface area contributed by atoms with E-state index in [1.807, 2.05) is 21.0 Å². The van der Waals surface area contributed by atoms with Gasteiger partial charge in [0.05, 0.1) is 20.6 Å². The first-order valence-electron chi connectivity index (χ1n) is 9.43. The largest absolute Gasteiger partial charge is 0.550 e. The molecule has 1 unspecified atom stereocenters. The Bertz CT molecular complexity index is 314. The van der Waals surface area contributed by atoms with E-state index in [1.54, 1.807) is 0 Å². The molecule has 4 heteroatoms. The van der Waals surface area contributed by atoms with E-state index in [0.717, 1.165) is 12.8 Å². The number of carbonyl (C=O) groups is 1. The highest BCUT2D eigenvalue weighted by atomic mass is 16.4. The van der Waals surface area contributed by atoms with Gasteiger partial charge >= 0.3 is 0 Å². The van der Waals surface area contributed by atoms with Crippen molar-refractivity contribution in [2.75, 3.05) is 27.2 Å². The second-order valence-electron chi connectivity index (χ2n) is 8.01. The lowest BCUT2D eigenvalue weighted by molar-refractivity contribution is -0.896. The fraction of sp³-hybridized carbons (Fsp3) is 0.947. The Morgan fingerprint density at radius 2 is 1.48 bits per heavy atom. The normalized spacial score (nSPS) is 14.7. The average molecular weight is 330 g/mol. The fourth-order valence-corrected chi connectivity index (χ4v) is 3.29. The maximum atomic E-state index is 10.6. The number of unbranched alkanes of at least 4 members (excludes halogenated alkanes) is 8. The number of hydrogen-bond donors (Lipinski definition) is 1. The second kappa shape index (κ2) is 11.9. The summed E-state index contributed by atoms with van der Waals surface area (Å²) in [5, 5.41) is 21.1. The molecule has 0 aromatic carbocycles. The van der Waals surface area contributed by atoms with Gasteiger partial charge in [-0.05, 0) is 13.3 Å². The Balaban J connectivity index is 3.76. The van der Waals surface area contributed by atoms with Crippen molar-refractivity contribution in [1.29, 1.82) is 0 Å². The number of quaternary nitrogens is 1. The predicted octanol–water partition coefficient (Wildman–Crippen LogP) is 2.87. The number of nitrogens with zero attached hydrogens (tertiary/aromatic N) is 1. The number of carboxylic acids is 1. The van der Waals surface area contributed by atoms with Gasteiger partial charge in [-0.2, -0.15) is 0 Å². The van der Waals surface area contributed by atoms with E-state index in [4.69, 9.17) is 0 Å². The van der Waals surface area contributed by atoms with Crippen LogP contribution in [-0.2, 0) is 4.79 Å². The van der Waals surface area contributed by atoms with Gasteiger partial charge in [-0.25, -0.2) is 0 Å². The number of aliphatic carboxylic acids is 1. The van der Waals surface area contributed by atoms with Gasteiger partial charge in [0.25, 0.3) is 0 Å². The van der Waals surface area contributed by atoms with E-state index in [9.17, 15) is 15.0 Å². The van der Waals surface area contributed by atoms with Crippen LogP contribution in [0.1, 0.15) is 84.5 Å². The van der Waals surface area contributed by atoms with Gasteiger partial charge in [-0.15, -0.1) is 0 Å². The van der Waals surface area contributed by atoms with Crippen molar-refractivity contribution in [3.05, 3.63) is 0 Å². The van der Waals surface area contributed by atoms with E-state index < -0.39 is 11.6 Å². The van der Waals surface area contributed by atoms with Crippen molar-refractivity contribution in [3.8, 4) is 0 Å². The minimum atomic E-state index is -1.02. The standard InChI is InChI=1S/C19H39NO3/c1-5-6-7-8-9-10-11-12-13-15-19(2,23)17-20(3,4)16-14-18(21)22/h23H,5-17H2,1-4H3. The van der Waals surface area contributed by atoms with Gasteiger partial charge in [0, 0.05) is 12.4 Å². The van der Waals surface area contributed by atoms with Crippen molar-refractivity contribution >= 4 is 5.97 Å². The molecule has 0 fully saturated rings. The van der Waals surface area contributed by atoms with Crippen LogP contribution in [0.4, 0.5) is 0 Å². The summed E-state index contributed by atoms with van der Waals surface area (Å²) >= 11 is 0. The molecule has 0 spiro atoms. The average Bonchev–Trinajstić information content (AvgIpc) is 2.42. The monoisotopic (exact) mass is 329 g/mol. The molecule has 0 heterocycles. The van der Waals surface area contributed by atoms with Crippen LogP contribution < -0.4 is 5.11 Å². The zero-order chi connectivity index (χ0) is 17.8. The van der Waals surface area contributed by atoms with Crippen LogP contribution in [0.15, 0.2) is 0 Å². The fourth-order valence-electron chi connectivity index (χ4n) is 3.29. The van der Waals surface area contributed by atoms with Crippen LogP contribution in [0.3, 0.4) is 0 Å². The minimum Gasteiger partial charge on any atom is -0.550 e. The molecule has 0 amide bonds. The van der Waals surface area contributed by atoms with E-state index in [2.05, 4.69) is 6.92 Å². The summed E-state index contributed by atoms with van der Waals surface area (Å²) in [6, 6.07) is 0. The zero-order valence-corrected chi connectivity index (χ0v) is 15.9. The molecule has 138 valence electrons. The minimum absolute atomic E-state index is 0.0428. The first kappa shape index (κ1) is 22.4. The lowest BCUT2D eigenvalue weighted by Gasteiger charge is -2.36. The van der Waals surface area contributed by atoms with E-state index in [1.165, 1.54) is 51.4 Å². The molecule has 0 aliphatic carbocycles. The molecule has 0 radical (unpaired) electrons. The van der Waals surface area contributed by atoms with Crippen LogP contribution >= 0.6 is 0 Å². The highest BCUT2D eigenvalue weighted by Crippen LogP contribution is 2.19. The summed E-state index contributed by atoms with van der Waals surface area (Å²) in [5.41, 5.74) is -0.726. The highest BCUT2D eigenvalue weighted by Gasteiger charge is 2.29. The molecule has 4 nitrogen and oxygen atoms in total. The number of carboxylic acid groups (broad SMARTS) is 1. The van der Waals surface area contributed by atoms with E-state index >= 15 is 0 Å². The molecule has 0 aromatic heterocycles. The third-order valence-corrected chi connectivity index (χ3v) is 4.51. The van der Waals surface area contributed by atoms with Crippen molar-refractivity contribution in [2.45, 2.75) is 90.1 Å². The zero-order valence-electron chi connectivity index (χ0n) is 15.9. The first-order valence-corrected chi connectivity index (χ1v) is 9.43. The molecule has 1 N–H and O–H groups in total. The van der Waals surface area contributed by atoms with Gasteiger partial charge in [0.2, 0.25) is 0 Å². The molecule has 0 bridgehead atoms. The topological polar surface area (TPSA) is 60.4 Å². The molecule has 0 aliphatic rings. The summed E-state index contributed by atoms with van der Waals surface area (Å²) < 4.78 is 0.512. The Kier molecular flexibility index (Phi) is 11.5. The van der Waals surface area contributed by atoms with Gasteiger partial charge < -0.3 is 19.5 Å². The quantitative estimate of drug-likeness (QED) is 0.371. The molecule has 0 aliphatic heterocycles. The van der Waals surface area contributed by atoms with Gasteiger partial charge in [-0.3, -0.25) is 0 Å². The predicted molar refractivity (Wildman–Crippen MR) is 93.9 cm³/mol. The van der Waals surface area contributed by atoms with Crippen LogP contribution in [0.5, 0.6) is 0 Å². The molecule has 0 rings (SSSR count). The third-order valence-electron chi connectivity index (χ3n) is 4.51. The Labute approximate surface area is 143 Å². The van der Waals surface area contributed by atoms with Crippen LogP contribution in [0, 0.1) is 0 Å².